The minimum Gasteiger partial charge on any atom is -0.436 e. The second-order valence-corrected chi connectivity index (χ2v) is 5.06. The third-order valence-corrected chi connectivity index (χ3v) is 2.16. The highest BCUT2D eigenvalue weighted by atomic mass is 16.8. The molecule has 0 amide bonds. The number of hydrogen-bond donors (Lipinski definition) is 0. The topological polar surface area (TPSA) is 44.8 Å². The zero-order valence-electron chi connectivity index (χ0n) is 10.1. The summed E-state index contributed by atoms with van der Waals surface area (Å²) in [5.74, 6) is -0.318. The average Bonchev–Trinajstić information content (AvgIpc) is 1.99. The van der Waals surface area contributed by atoms with Crippen LogP contribution >= 0.6 is 0 Å². The van der Waals surface area contributed by atoms with Gasteiger partial charge in [-0.1, -0.05) is 20.8 Å². The molecule has 0 radical (unpaired) electrons. The van der Waals surface area contributed by atoms with Crippen molar-refractivity contribution in [2.24, 2.45) is 5.41 Å². The van der Waals surface area contributed by atoms with Gasteiger partial charge in [0, 0.05) is 18.8 Å². The molecule has 0 aromatic carbocycles. The molecule has 1 aliphatic heterocycles. The maximum Gasteiger partial charge on any atom is 0.304 e. The van der Waals surface area contributed by atoms with E-state index in [1.54, 1.807) is 0 Å². The van der Waals surface area contributed by atoms with Gasteiger partial charge in [-0.05, 0) is 6.92 Å². The molecule has 0 bridgehead atoms. The summed E-state index contributed by atoms with van der Waals surface area (Å²) >= 11 is 0. The van der Waals surface area contributed by atoms with Gasteiger partial charge < -0.3 is 14.2 Å². The van der Waals surface area contributed by atoms with Gasteiger partial charge in [0.2, 0.25) is 6.29 Å². The Bertz CT molecular complexity index is 231. The lowest BCUT2D eigenvalue weighted by molar-refractivity contribution is -0.321. The van der Waals surface area contributed by atoms with Crippen LogP contribution in [-0.4, -0.2) is 24.7 Å². The van der Waals surface area contributed by atoms with E-state index in [4.69, 9.17) is 14.2 Å². The first-order chi connectivity index (χ1) is 6.79. The van der Waals surface area contributed by atoms with E-state index in [-0.39, 0.29) is 23.8 Å². The smallest absolute Gasteiger partial charge is 0.304 e. The molecule has 0 saturated carbocycles. The summed E-state index contributed by atoms with van der Waals surface area (Å²) in [6, 6.07) is 0. The first kappa shape index (κ1) is 12.5. The fourth-order valence-corrected chi connectivity index (χ4v) is 1.43. The Labute approximate surface area is 90.9 Å². The van der Waals surface area contributed by atoms with Crippen molar-refractivity contribution in [3.8, 4) is 0 Å². The van der Waals surface area contributed by atoms with Crippen LogP contribution in [0.3, 0.4) is 0 Å². The number of ether oxygens (including phenoxy) is 3. The highest BCUT2D eigenvalue weighted by molar-refractivity contribution is 5.66. The monoisotopic (exact) mass is 216 g/mol. The Morgan fingerprint density at radius 3 is 2.40 bits per heavy atom. The first-order valence-electron chi connectivity index (χ1n) is 5.27. The van der Waals surface area contributed by atoms with Crippen molar-refractivity contribution in [2.45, 2.75) is 59.7 Å². The predicted octanol–water partition coefficient (Wildman–Crippen LogP) is 2.07. The van der Waals surface area contributed by atoms with Crippen LogP contribution in [0.4, 0.5) is 0 Å². The zero-order chi connectivity index (χ0) is 11.6. The van der Waals surface area contributed by atoms with E-state index in [0.717, 1.165) is 0 Å². The van der Waals surface area contributed by atoms with Crippen molar-refractivity contribution in [2.75, 3.05) is 0 Å². The molecule has 0 spiro atoms. The summed E-state index contributed by atoms with van der Waals surface area (Å²) in [7, 11) is 0. The lowest BCUT2D eigenvalue weighted by Crippen LogP contribution is -2.45. The summed E-state index contributed by atoms with van der Waals surface area (Å²) in [5.41, 5.74) is -0.118. The van der Waals surface area contributed by atoms with E-state index >= 15 is 0 Å². The van der Waals surface area contributed by atoms with Gasteiger partial charge in [-0.15, -0.1) is 0 Å². The Kier molecular flexibility index (Phi) is 3.73. The van der Waals surface area contributed by atoms with Crippen LogP contribution in [0.1, 0.15) is 41.0 Å². The van der Waals surface area contributed by atoms with E-state index in [0.29, 0.717) is 6.42 Å². The lowest BCUT2D eigenvalue weighted by Gasteiger charge is -2.39. The predicted molar refractivity (Wildman–Crippen MR) is 55.0 cm³/mol. The normalized spacial score (nSPS) is 32.5. The number of carbonyl (C=O) groups excluding carboxylic acids is 1. The average molecular weight is 216 g/mol. The molecule has 0 N–H and O–H groups in total. The molecule has 4 nitrogen and oxygen atoms in total. The molecule has 4 heteroatoms. The molecule has 0 aromatic rings. The van der Waals surface area contributed by atoms with E-state index in [2.05, 4.69) is 0 Å². The third kappa shape index (κ3) is 3.80. The van der Waals surface area contributed by atoms with Gasteiger partial charge in [-0.2, -0.15) is 0 Å². The van der Waals surface area contributed by atoms with Crippen LogP contribution in [0, 0.1) is 5.41 Å². The number of esters is 1. The molecule has 1 rings (SSSR count). The van der Waals surface area contributed by atoms with Crippen molar-refractivity contribution in [3.63, 3.8) is 0 Å². The maximum absolute atomic E-state index is 10.8. The Hall–Kier alpha value is -0.610. The van der Waals surface area contributed by atoms with E-state index in [1.807, 2.05) is 27.7 Å². The van der Waals surface area contributed by atoms with Crippen molar-refractivity contribution >= 4 is 5.97 Å². The Morgan fingerprint density at radius 1 is 1.33 bits per heavy atom. The van der Waals surface area contributed by atoms with Gasteiger partial charge in [0.1, 0.15) is 0 Å². The van der Waals surface area contributed by atoms with Gasteiger partial charge in [0.05, 0.1) is 6.10 Å². The highest BCUT2D eigenvalue weighted by Gasteiger charge is 2.36. The lowest BCUT2D eigenvalue weighted by atomic mass is 9.95. The van der Waals surface area contributed by atoms with Crippen LogP contribution in [-0.2, 0) is 19.0 Å². The second-order valence-electron chi connectivity index (χ2n) is 5.06. The fourth-order valence-electron chi connectivity index (χ4n) is 1.43. The first-order valence-corrected chi connectivity index (χ1v) is 5.27. The minimum atomic E-state index is -0.476. The van der Waals surface area contributed by atoms with Gasteiger partial charge in [-0.3, -0.25) is 4.79 Å². The van der Waals surface area contributed by atoms with Crippen LogP contribution in [0.2, 0.25) is 0 Å². The summed E-state index contributed by atoms with van der Waals surface area (Å²) in [6.07, 6.45) is -0.167. The Morgan fingerprint density at radius 2 is 1.93 bits per heavy atom. The number of carbonyl (C=O) groups is 1. The maximum atomic E-state index is 10.8. The summed E-state index contributed by atoms with van der Waals surface area (Å²) in [4.78, 5) is 10.8. The fraction of sp³-hybridized carbons (Fsp3) is 0.909. The molecule has 1 heterocycles. The molecule has 1 fully saturated rings. The van der Waals surface area contributed by atoms with Crippen molar-refractivity contribution in [1.82, 2.24) is 0 Å². The molecular weight excluding hydrogens is 196 g/mol. The second kappa shape index (κ2) is 4.49. The third-order valence-electron chi connectivity index (χ3n) is 2.16. The van der Waals surface area contributed by atoms with Crippen molar-refractivity contribution in [1.29, 1.82) is 0 Å². The summed E-state index contributed by atoms with van der Waals surface area (Å²) < 4.78 is 16.3. The van der Waals surface area contributed by atoms with Gasteiger partial charge >= 0.3 is 5.97 Å². The molecule has 88 valence electrons. The molecule has 3 atom stereocenters. The molecule has 1 unspecified atom stereocenters. The summed E-state index contributed by atoms with van der Waals surface area (Å²) in [5, 5.41) is 0. The molecule has 0 aliphatic carbocycles. The molecular formula is C11H20O4. The van der Waals surface area contributed by atoms with Crippen LogP contribution in [0.5, 0.6) is 0 Å². The summed E-state index contributed by atoms with van der Waals surface area (Å²) in [6.45, 7) is 9.43. The van der Waals surface area contributed by atoms with Gasteiger partial charge in [0.15, 0.2) is 6.29 Å². The van der Waals surface area contributed by atoms with Crippen LogP contribution in [0.25, 0.3) is 0 Å². The van der Waals surface area contributed by atoms with Gasteiger partial charge in [-0.25, -0.2) is 0 Å². The van der Waals surface area contributed by atoms with Crippen LogP contribution < -0.4 is 0 Å². The Balaban J connectivity index is 2.59. The number of hydrogen-bond acceptors (Lipinski definition) is 4. The minimum absolute atomic E-state index is 0.0484. The van der Waals surface area contributed by atoms with E-state index in [1.165, 1.54) is 6.92 Å². The standard InChI is InChI=1S/C11H20O4/c1-7-6-9(14-8(2)12)15-10(13-7)11(3,4)5/h7,9-10H,6H2,1-5H3/t7-,9?,10-/m0/s1. The van der Waals surface area contributed by atoms with Crippen LogP contribution in [0.15, 0.2) is 0 Å². The molecule has 1 saturated heterocycles. The largest absolute Gasteiger partial charge is 0.436 e. The van der Waals surface area contributed by atoms with Crippen molar-refractivity contribution < 1.29 is 19.0 Å². The van der Waals surface area contributed by atoms with E-state index < -0.39 is 6.29 Å². The molecule has 1 aliphatic rings. The van der Waals surface area contributed by atoms with Gasteiger partial charge in [0.25, 0.3) is 0 Å². The van der Waals surface area contributed by atoms with E-state index in [9.17, 15) is 4.79 Å². The van der Waals surface area contributed by atoms with Crippen molar-refractivity contribution in [3.05, 3.63) is 0 Å². The highest BCUT2D eigenvalue weighted by Crippen LogP contribution is 2.31. The SMILES string of the molecule is CC(=O)OC1C[C@H](C)O[C@H](C(C)(C)C)O1. The number of rotatable bonds is 1. The quantitative estimate of drug-likeness (QED) is 0.629. The molecule has 15 heavy (non-hydrogen) atoms. The molecule has 0 aromatic heterocycles. The zero-order valence-corrected chi connectivity index (χ0v) is 10.1.